The molecule has 1 N–H and O–H groups in total. The molecule has 4 nitrogen and oxygen atoms in total. The molecule has 114 valence electrons. The van der Waals surface area contributed by atoms with Crippen LogP contribution in [0.1, 0.15) is 6.42 Å². The Balaban J connectivity index is 2.08. The average molecular weight is 357 g/mol. The molecular formula is C15H18BrFN2O2. The lowest BCUT2D eigenvalue weighted by molar-refractivity contribution is 0.122. The summed E-state index contributed by atoms with van der Waals surface area (Å²) in [5, 5.41) is 3.72. The van der Waals surface area contributed by atoms with Crippen LogP contribution in [0.3, 0.4) is 0 Å². The van der Waals surface area contributed by atoms with E-state index in [1.165, 1.54) is 6.07 Å². The molecule has 0 saturated carbocycles. The zero-order valence-electron chi connectivity index (χ0n) is 11.7. The number of anilines is 2. The van der Waals surface area contributed by atoms with Crippen LogP contribution in [-0.4, -0.2) is 44.1 Å². The fraction of sp³-hybridized carbons (Fsp3) is 0.467. The molecule has 21 heavy (non-hydrogen) atoms. The highest BCUT2D eigenvalue weighted by atomic mass is 79.9. The van der Waals surface area contributed by atoms with Gasteiger partial charge in [-0.3, -0.25) is 0 Å². The first-order valence-electron chi connectivity index (χ1n) is 6.90. The van der Waals surface area contributed by atoms with Crippen molar-refractivity contribution in [3.05, 3.63) is 29.6 Å². The van der Waals surface area contributed by atoms with Crippen LogP contribution >= 0.6 is 15.9 Å². The third-order valence-corrected chi connectivity index (χ3v) is 4.04. The van der Waals surface area contributed by atoms with Gasteiger partial charge in [-0.1, -0.05) is 22.0 Å². The summed E-state index contributed by atoms with van der Waals surface area (Å²) in [5.74, 6) is 1.66. The van der Waals surface area contributed by atoms with Gasteiger partial charge in [0.1, 0.15) is 11.8 Å². The van der Waals surface area contributed by atoms with E-state index in [0.717, 1.165) is 5.69 Å². The Morgan fingerprint density at radius 2 is 2.19 bits per heavy atom. The number of hydrogen-bond acceptors (Lipinski definition) is 4. The van der Waals surface area contributed by atoms with Crippen LogP contribution in [0.15, 0.2) is 23.8 Å². The number of alkyl halides is 1. The van der Waals surface area contributed by atoms with E-state index < -0.39 is 0 Å². The van der Waals surface area contributed by atoms with E-state index in [2.05, 4.69) is 21.2 Å². The quantitative estimate of drug-likeness (QED) is 0.628. The Hall–Kier alpha value is -1.36. The van der Waals surface area contributed by atoms with Crippen molar-refractivity contribution in [2.24, 2.45) is 0 Å². The molecule has 1 aromatic rings. The minimum atomic E-state index is -0.242. The second-order valence-corrected chi connectivity index (χ2v) is 5.31. The van der Waals surface area contributed by atoms with Crippen LogP contribution < -0.4 is 10.2 Å². The topological polar surface area (TPSA) is 41.6 Å². The molecule has 0 amide bonds. The Labute approximate surface area is 132 Å². The summed E-state index contributed by atoms with van der Waals surface area (Å²) < 4.78 is 19.5. The monoisotopic (exact) mass is 356 g/mol. The van der Waals surface area contributed by atoms with E-state index in [1.807, 2.05) is 16.9 Å². The number of ether oxygens (including phenoxy) is 1. The third kappa shape index (κ3) is 4.30. The number of para-hydroxylation sites is 1. The van der Waals surface area contributed by atoms with Gasteiger partial charge in [-0.05, 0) is 18.6 Å². The van der Waals surface area contributed by atoms with Gasteiger partial charge in [0.2, 0.25) is 0 Å². The van der Waals surface area contributed by atoms with E-state index in [9.17, 15) is 9.18 Å². The summed E-state index contributed by atoms with van der Waals surface area (Å²) in [6.07, 6.45) is 0.577. The van der Waals surface area contributed by atoms with E-state index >= 15 is 0 Å². The van der Waals surface area contributed by atoms with E-state index in [4.69, 9.17) is 4.74 Å². The van der Waals surface area contributed by atoms with Crippen LogP contribution in [0, 0.1) is 5.82 Å². The predicted octanol–water partition coefficient (Wildman–Crippen LogP) is 2.62. The molecule has 0 bridgehead atoms. The van der Waals surface area contributed by atoms with Gasteiger partial charge in [-0.15, -0.1) is 0 Å². The van der Waals surface area contributed by atoms with Crippen LogP contribution in [-0.2, 0) is 9.53 Å². The maximum absolute atomic E-state index is 14.2. The molecule has 1 aliphatic rings. The number of benzene rings is 1. The minimum absolute atomic E-state index is 0.242. The third-order valence-electron chi connectivity index (χ3n) is 3.36. The molecule has 0 unspecified atom stereocenters. The van der Waals surface area contributed by atoms with E-state index in [0.29, 0.717) is 55.9 Å². The molecule has 1 aliphatic heterocycles. The van der Waals surface area contributed by atoms with Crippen molar-refractivity contribution in [3.63, 3.8) is 0 Å². The summed E-state index contributed by atoms with van der Waals surface area (Å²) >= 11 is 3.24. The first kappa shape index (κ1) is 16.0. The molecule has 0 aliphatic carbocycles. The van der Waals surface area contributed by atoms with Gasteiger partial charge in [0, 0.05) is 30.5 Å². The molecule has 1 fully saturated rings. The number of rotatable bonds is 6. The Bertz CT molecular complexity index is 526. The normalized spacial score (nSPS) is 14.7. The van der Waals surface area contributed by atoms with Gasteiger partial charge in [0.25, 0.3) is 0 Å². The van der Waals surface area contributed by atoms with E-state index in [1.54, 1.807) is 6.07 Å². The maximum Gasteiger partial charge on any atom is 0.148 e. The highest BCUT2D eigenvalue weighted by Gasteiger charge is 2.18. The van der Waals surface area contributed by atoms with Gasteiger partial charge in [-0.25, -0.2) is 9.18 Å². The van der Waals surface area contributed by atoms with Crippen molar-refractivity contribution in [3.8, 4) is 0 Å². The van der Waals surface area contributed by atoms with Gasteiger partial charge >= 0.3 is 0 Å². The fourth-order valence-electron chi connectivity index (χ4n) is 2.26. The summed E-state index contributed by atoms with van der Waals surface area (Å²) in [6.45, 7) is 3.13. The predicted molar refractivity (Wildman–Crippen MR) is 85.5 cm³/mol. The molecule has 1 saturated heterocycles. The standard InChI is InChI=1S/C15H18BrFN2O2/c16-10-12(11-20)4-5-18-14-3-1-2-13(17)15(14)19-6-8-21-9-7-19/h1-3,18H,4-10H2. The lowest BCUT2D eigenvalue weighted by atomic mass is 10.2. The van der Waals surface area contributed by atoms with Gasteiger partial charge in [-0.2, -0.15) is 0 Å². The summed E-state index contributed by atoms with van der Waals surface area (Å²) in [4.78, 5) is 12.6. The number of halogens is 2. The van der Waals surface area contributed by atoms with E-state index in [-0.39, 0.29) is 5.82 Å². The zero-order valence-corrected chi connectivity index (χ0v) is 13.3. The van der Waals surface area contributed by atoms with Crippen LogP contribution in [0.4, 0.5) is 15.8 Å². The fourth-order valence-corrected chi connectivity index (χ4v) is 2.65. The molecule has 1 heterocycles. The van der Waals surface area contributed by atoms with Crippen LogP contribution in [0.25, 0.3) is 0 Å². The Kier molecular flexibility index (Phi) is 6.23. The largest absolute Gasteiger partial charge is 0.383 e. The van der Waals surface area contributed by atoms with Crippen molar-refractivity contribution in [2.45, 2.75) is 6.42 Å². The summed E-state index contributed by atoms with van der Waals surface area (Å²) in [5.41, 5.74) is 1.99. The molecule has 2 rings (SSSR count). The summed E-state index contributed by atoms with van der Waals surface area (Å²) in [7, 11) is 0. The number of nitrogens with one attached hydrogen (secondary N) is 1. The number of hydrogen-bond donors (Lipinski definition) is 1. The lowest BCUT2D eigenvalue weighted by Crippen LogP contribution is -2.37. The van der Waals surface area contributed by atoms with Crippen molar-refractivity contribution >= 4 is 33.2 Å². The first-order valence-corrected chi connectivity index (χ1v) is 8.02. The molecule has 0 spiro atoms. The smallest absolute Gasteiger partial charge is 0.148 e. The molecule has 6 heteroatoms. The highest BCUT2D eigenvalue weighted by Crippen LogP contribution is 2.29. The molecule has 0 radical (unpaired) electrons. The Morgan fingerprint density at radius 3 is 2.86 bits per heavy atom. The van der Waals surface area contributed by atoms with Crippen molar-refractivity contribution < 1.29 is 13.9 Å². The molecule has 0 atom stereocenters. The van der Waals surface area contributed by atoms with Crippen LogP contribution in [0.5, 0.6) is 0 Å². The van der Waals surface area contributed by atoms with Gasteiger partial charge in [0.05, 0.1) is 24.6 Å². The second-order valence-electron chi connectivity index (χ2n) is 4.75. The van der Waals surface area contributed by atoms with Crippen molar-refractivity contribution in [2.75, 3.05) is 48.4 Å². The second kappa shape index (κ2) is 8.17. The summed E-state index contributed by atoms with van der Waals surface area (Å²) in [6, 6.07) is 5.00. The SMILES string of the molecule is O=C=C(CBr)CCNc1cccc(F)c1N1CCOCC1. The zero-order chi connectivity index (χ0) is 15.1. The number of morpholine rings is 1. The maximum atomic E-state index is 14.2. The number of nitrogens with zero attached hydrogens (tertiary/aromatic N) is 1. The molecule has 0 aromatic heterocycles. The highest BCUT2D eigenvalue weighted by molar-refractivity contribution is 9.09. The molecular weight excluding hydrogens is 339 g/mol. The Morgan fingerprint density at radius 1 is 1.43 bits per heavy atom. The van der Waals surface area contributed by atoms with Crippen molar-refractivity contribution in [1.29, 1.82) is 0 Å². The molecule has 1 aromatic carbocycles. The van der Waals surface area contributed by atoms with Gasteiger partial charge in [0.15, 0.2) is 0 Å². The van der Waals surface area contributed by atoms with Crippen molar-refractivity contribution in [1.82, 2.24) is 0 Å². The minimum Gasteiger partial charge on any atom is -0.383 e. The number of carbonyl (C=O) groups excluding carboxylic acids is 1. The lowest BCUT2D eigenvalue weighted by Gasteiger charge is -2.31. The van der Waals surface area contributed by atoms with Crippen LogP contribution in [0.2, 0.25) is 0 Å². The first-order chi connectivity index (χ1) is 10.3. The van der Waals surface area contributed by atoms with Gasteiger partial charge < -0.3 is 15.0 Å². The average Bonchev–Trinajstić information content (AvgIpc) is 2.52.